The minimum Gasteiger partial charge on any atom is -0.445 e. The Balaban J connectivity index is 2.43. The number of rotatable bonds is 0. The largest absolute Gasteiger partial charge is 0.445 e. The summed E-state index contributed by atoms with van der Waals surface area (Å²) in [4.78, 5) is 0. The van der Waals surface area contributed by atoms with E-state index in [4.69, 9.17) is 21.4 Å². The van der Waals surface area contributed by atoms with Crippen LogP contribution in [-0.2, 0) is 0 Å². The molecule has 4 heteroatoms. The van der Waals surface area contributed by atoms with Crippen LogP contribution in [0.25, 0.3) is 0 Å². The predicted octanol–water partition coefficient (Wildman–Crippen LogP) is 1.42. The molecular weight excluding hydrogens is 166 g/mol. The quantitative estimate of drug-likeness (QED) is 0.621. The Morgan fingerprint density at radius 1 is 1.55 bits per heavy atom. The molecule has 11 heavy (non-hydrogen) atoms. The lowest BCUT2D eigenvalue weighted by atomic mass is 10.3. The van der Waals surface area contributed by atoms with Gasteiger partial charge in [0.05, 0.1) is 5.69 Å². The van der Waals surface area contributed by atoms with E-state index in [1.54, 1.807) is 18.2 Å². The minimum atomic E-state index is -0.941. The molecule has 0 radical (unpaired) electrons. The molecule has 0 aliphatic carbocycles. The summed E-state index contributed by atoms with van der Waals surface area (Å²) in [6.07, 6.45) is -0.941. The SMILES string of the molecule is OC1Nc2cc(Cl)ccc2O1. The highest BCUT2D eigenvalue weighted by Gasteiger charge is 2.18. The molecule has 2 rings (SSSR count). The highest BCUT2D eigenvalue weighted by Crippen LogP contribution is 2.32. The second kappa shape index (κ2) is 2.29. The maximum absolute atomic E-state index is 8.97. The number of anilines is 1. The maximum Gasteiger partial charge on any atom is 0.279 e. The average molecular weight is 172 g/mol. The van der Waals surface area contributed by atoms with Gasteiger partial charge >= 0.3 is 0 Å². The van der Waals surface area contributed by atoms with Gasteiger partial charge in [-0.3, -0.25) is 0 Å². The number of hydrogen-bond donors (Lipinski definition) is 2. The van der Waals surface area contributed by atoms with Gasteiger partial charge in [-0.2, -0.15) is 0 Å². The van der Waals surface area contributed by atoms with Crippen LogP contribution in [0.1, 0.15) is 0 Å². The molecule has 3 nitrogen and oxygen atoms in total. The number of ether oxygens (including phenoxy) is 1. The molecule has 0 saturated carbocycles. The first-order valence-electron chi connectivity index (χ1n) is 3.16. The molecule has 1 aliphatic rings. The minimum absolute atomic E-state index is 0.619. The monoisotopic (exact) mass is 171 g/mol. The van der Waals surface area contributed by atoms with Crippen LogP contribution < -0.4 is 10.1 Å². The number of fused-ring (bicyclic) bond motifs is 1. The zero-order valence-electron chi connectivity index (χ0n) is 5.54. The lowest BCUT2D eigenvalue weighted by Gasteiger charge is -1.99. The van der Waals surface area contributed by atoms with E-state index in [1.165, 1.54) is 0 Å². The summed E-state index contributed by atoms with van der Waals surface area (Å²) in [6.45, 7) is 0. The Hall–Kier alpha value is -0.930. The smallest absolute Gasteiger partial charge is 0.279 e. The van der Waals surface area contributed by atoms with Crippen LogP contribution in [0.15, 0.2) is 18.2 Å². The van der Waals surface area contributed by atoms with Crippen LogP contribution in [0.4, 0.5) is 5.69 Å². The maximum atomic E-state index is 8.97. The summed E-state index contributed by atoms with van der Waals surface area (Å²) in [7, 11) is 0. The van der Waals surface area contributed by atoms with Crippen molar-refractivity contribution in [3.8, 4) is 5.75 Å². The molecule has 0 fully saturated rings. The molecule has 0 aromatic heterocycles. The van der Waals surface area contributed by atoms with Crippen molar-refractivity contribution in [1.29, 1.82) is 0 Å². The number of nitrogens with one attached hydrogen (secondary N) is 1. The van der Waals surface area contributed by atoms with E-state index in [2.05, 4.69) is 5.32 Å². The molecule has 1 atom stereocenters. The summed E-state index contributed by atoms with van der Waals surface area (Å²) in [5, 5.41) is 12.3. The number of aliphatic hydroxyl groups excluding tert-OH is 1. The van der Waals surface area contributed by atoms with Gasteiger partial charge in [-0.15, -0.1) is 0 Å². The van der Waals surface area contributed by atoms with E-state index in [0.29, 0.717) is 10.8 Å². The summed E-state index contributed by atoms with van der Waals surface area (Å²) >= 11 is 5.69. The third kappa shape index (κ3) is 1.13. The number of halogens is 1. The Labute approximate surface area is 68.6 Å². The van der Waals surface area contributed by atoms with E-state index < -0.39 is 6.41 Å². The van der Waals surface area contributed by atoms with Crippen molar-refractivity contribution in [3.05, 3.63) is 23.2 Å². The molecule has 0 saturated heterocycles. The van der Waals surface area contributed by atoms with Gasteiger partial charge < -0.3 is 15.2 Å². The van der Waals surface area contributed by atoms with E-state index in [9.17, 15) is 0 Å². The second-order valence-corrected chi connectivity index (χ2v) is 2.69. The molecule has 0 spiro atoms. The molecule has 0 bridgehead atoms. The Morgan fingerprint density at radius 2 is 2.36 bits per heavy atom. The zero-order valence-corrected chi connectivity index (χ0v) is 6.30. The summed E-state index contributed by atoms with van der Waals surface area (Å²) in [6, 6.07) is 5.12. The first kappa shape index (κ1) is 6.76. The van der Waals surface area contributed by atoms with Gasteiger partial charge in [0, 0.05) is 5.02 Å². The third-order valence-electron chi connectivity index (χ3n) is 1.46. The van der Waals surface area contributed by atoms with Crippen molar-refractivity contribution >= 4 is 17.3 Å². The van der Waals surface area contributed by atoms with Crippen LogP contribution in [0.5, 0.6) is 5.75 Å². The van der Waals surface area contributed by atoms with E-state index >= 15 is 0 Å². The normalized spacial score (nSPS) is 20.4. The summed E-state index contributed by atoms with van der Waals surface area (Å²) in [5.74, 6) is 0.627. The summed E-state index contributed by atoms with van der Waals surface area (Å²) < 4.78 is 4.95. The molecule has 58 valence electrons. The average Bonchev–Trinajstić information content (AvgIpc) is 2.27. The van der Waals surface area contributed by atoms with Crippen molar-refractivity contribution in [2.24, 2.45) is 0 Å². The second-order valence-electron chi connectivity index (χ2n) is 2.26. The first-order chi connectivity index (χ1) is 5.25. The van der Waals surface area contributed by atoms with Crippen LogP contribution >= 0.6 is 11.6 Å². The van der Waals surface area contributed by atoms with Gasteiger partial charge in [-0.05, 0) is 18.2 Å². The van der Waals surface area contributed by atoms with Crippen LogP contribution in [-0.4, -0.2) is 11.5 Å². The van der Waals surface area contributed by atoms with Gasteiger partial charge in [0.2, 0.25) is 0 Å². The number of hydrogen-bond acceptors (Lipinski definition) is 3. The zero-order chi connectivity index (χ0) is 7.84. The third-order valence-corrected chi connectivity index (χ3v) is 1.69. The molecule has 1 aromatic rings. The first-order valence-corrected chi connectivity index (χ1v) is 3.54. The molecular formula is C7H6ClNO2. The van der Waals surface area contributed by atoms with Crippen molar-refractivity contribution in [2.75, 3.05) is 5.32 Å². The Kier molecular flexibility index (Phi) is 1.41. The van der Waals surface area contributed by atoms with Crippen molar-refractivity contribution in [2.45, 2.75) is 6.41 Å². The number of aliphatic hydroxyl groups is 1. The van der Waals surface area contributed by atoms with Gasteiger partial charge in [0.1, 0.15) is 5.75 Å². The van der Waals surface area contributed by atoms with Crippen LogP contribution in [0, 0.1) is 0 Å². The number of benzene rings is 1. The fraction of sp³-hybridized carbons (Fsp3) is 0.143. The van der Waals surface area contributed by atoms with Gasteiger partial charge in [0.25, 0.3) is 6.41 Å². The predicted molar refractivity (Wildman–Crippen MR) is 41.7 cm³/mol. The van der Waals surface area contributed by atoms with Crippen molar-refractivity contribution < 1.29 is 9.84 Å². The Morgan fingerprint density at radius 3 is 3.18 bits per heavy atom. The fourth-order valence-corrected chi connectivity index (χ4v) is 1.17. The highest BCUT2D eigenvalue weighted by molar-refractivity contribution is 6.30. The van der Waals surface area contributed by atoms with Gasteiger partial charge in [-0.1, -0.05) is 11.6 Å². The molecule has 1 heterocycles. The van der Waals surface area contributed by atoms with Gasteiger partial charge in [-0.25, -0.2) is 0 Å². The van der Waals surface area contributed by atoms with Crippen molar-refractivity contribution in [1.82, 2.24) is 0 Å². The summed E-state index contributed by atoms with van der Waals surface area (Å²) in [5.41, 5.74) is 0.727. The molecule has 2 N–H and O–H groups in total. The molecule has 0 amide bonds. The fourth-order valence-electron chi connectivity index (χ4n) is 1.00. The Bertz CT molecular complexity index is 290. The van der Waals surface area contributed by atoms with Crippen LogP contribution in [0.2, 0.25) is 5.02 Å². The molecule has 1 aromatic carbocycles. The standard InChI is InChI=1S/C7H6ClNO2/c8-4-1-2-6-5(3-4)9-7(10)11-6/h1-3,7,9-10H. The molecule has 1 aliphatic heterocycles. The highest BCUT2D eigenvalue weighted by atomic mass is 35.5. The van der Waals surface area contributed by atoms with Crippen molar-refractivity contribution in [3.63, 3.8) is 0 Å². The lowest BCUT2D eigenvalue weighted by molar-refractivity contribution is 0.0211. The topological polar surface area (TPSA) is 41.5 Å². The van der Waals surface area contributed by atoms with E-state index in [0.717, 1.165) is 5.69 Å². The lowest BCUT2D eigenvalue weighted by Crippen LogP contribution is -2.17. The van der Waals surface area contributed by atoms with E-state index in [-0.39, 0.29) is 0 Å². The van der Waals surface area contributed by atoms with E-state index in [1.807, 2.05) is 0 Å². The molecule has 1 unspecified atom stereocenters. The van der Waals surface area contributed by atoms with Gasteiger partial charge in [0.15, 0.2) is 0 Å². The van der Waals surface area contributed by atoms with Crippen LogP contribution in [0.3, 0.4) is 0 Å².